The highest BCUT2D eigenvalue weighted by Crippen LogP contribution is 2.52. The Bertz CT molecular complexity index is 520. The second-order valence-corrected chi connectivity index (χ2v) is 12.7. The molecule has 0 bridgehead atoms. The fourth-order valence-electron chi connectivity index (χ4n) is 3.32. The first-order valence-corrected chi connectivity index (χ1v) is 10.6. The summed E-state index contributed by atoms with van der Waals surface area (Å²) < 4.78 is 6.54. The lowest BCUT2D eigenvalue weighted by molar-refractivity contribution is -0.133. The standard InChI is InChI=1S/C15H26N2O3Si/c1-13(2,3)21(4,5)20-14-8-6-7-9-15(14,19)12(17-16)11(18)10-14/h19H,6-10H2,1-5H3/t14-,15+/m1/s1. The summed E-state index contributed by atoms with van der Waals surface area (Å²) in [7, 11) is -2.16. The number of carbonyl (C=O) groups is 1. The molecule has 5 nitrogen and oxygen atoms in total. The summed E-state index contributed by atoms with van der Waals surface area (Å²) in [5, 5.41) is 11.1. The maximum absolute atomic E-state index is 12.2. The van der Waals surface area contributed by atoms with E-state index >= 15 is 0 Å². The molecule has 0 radical (unpaired) electrons. The van der Waals surface area contributed by atoms with Gasteiger partial charge in [0.25, 0.3) is 0 Å². The second kappa shape index (κ2) is 4.85. The van der Waals surface area contributed by atoms with E-state index in [1.54, 1.807) is 0 Å². The Hall–Kier alpha value is -0.813. The van der Waals surface area contributed by atoms with Crippen LogP contribution in [0.3, 0.4) is 0 Å². The maximum Gasteiger partial charge on any atom is 0.368 e. The number of ketones is 1. The first-order chi connectivity index (χ1) is 9.49. The zero-order chi connectivity index (χ0) is 16.1. The molecule has 6 heteroatoms. The molecule has 118 valence electrons. The minimum Gasteiger partial charge on any atom is -0.407 e. The van der Waals surface area contributed by atoms with Crippen molar-refractivity contribution in [2.45, 2.75) is 82.2 Å². The Balaban J connectivity index is 2.48. The number of hydrogen-bond donors (Lipinski definition) is 1. The molecule has 2 aliphatic carbocycles. The van der Waals surface area contributed by atoms with E-state index in [1.807, 2.05) is 0 Å². The Morgan fingerprint density at radius 3 is 2.38 bits per heavy atom. The van der Waals surface area contributed by atoms with Crippen molar-refractivity contribution in [3.8, 4) is 0 Å². The maximum atomic E-state index is 12.2. The molecule has 2 atom stereocenters. The molecule has 2 rings (SSSR count). The van der Waals surface area contributed by atoms with Crippen molar-refractivity contribution >= 4 is 19.8 Å². The molecule has 0 aromatic rings. The van der Waals surface area contributed by atoms with Gasteiger partial charge in [0.15, 0.2) is 13.9 Å². The van der Waals surface area contributed by atoms with Gasteiger partial charge in [0, 0.05) is 6.42 Å². The van der Waals surface area contributed by atoms with Gasteiger partial charge in [0.2, 0.25) is 5.78 Å². The normalized spacial score (nSPS) is 33.8. The molecule has 0 spiro atoms. The van der Waals surface area contributed by atoms with Gasteiger partial charge in [0.05, 0.1) is 0 Å². The van der Waals surface area contributed by atoms with Crippen LogP contribution in [0.25, 0.3) is 5.53 Å². The van der Waals surface area contributed by atoms with Crippen molar-refractivity contribution in [1.82, 2.24) is 0 Å². The fraction of sp³-hybridized carbons (Fsp3) is 0.867. The minimum atomic E-state index is -2.16. The van der Waals surface area contributed by atoms with E-state index < -0.39 is 19.5 Å². The summed E-state index contributed by atoms with van der Waals surface area (Å²) in [6.45, 7) is 10.6. The van der Waals surface area contributed by atoms with Crippen LogP contribution in [-0.2, 0) is 9.22 Å². The number of nitrogens with zero attached hydrogens (tertiary/aromatic N) is 2. The predicted octanol–water partition coefficient (Wildman–Crippen LogP) is 2.70. The molecule has 0 unspecified atom stereocenters. The fourth-order valence-corrected chi connectivity index (χ4v) is 4.95. The summed E-state index contributed by atoms with van der Waals surface area (Å²) in [6.07, 6.45) is 2.91. The molecule has 21 heavy (non-hydrogen) atoms. The van der Waals surface area contributed by atoms with Crippen LogP contribution in [0.1, 0.15) is 52.9 Å². The molecule has 1 N–H and O–H groups in total. The van der Waals surface area contributed by atoms with Crippen molar-refractivity contribution < 1.29 is 19.1 Å². The van der Waals surface area contributed by atoms with Gasteiger partial charge in [-0.15, -0.1) is 0 Å². The monoisotopic (exact) mass is 310 g/mol. The Morgan fingerprint density at radius 2 is 1.86 bits per heavy atom. The zero-order valence-electron chi connectivity index (χ0n) is 13.7. The number of fused-ring (bicyclic) bond motifs is 1. The van der Waals surface area contributed by atoms with Crippen LogP contribution in [-0.4, -0.2) is 40.9 Å². The van der Waals surface area contributed by atoms with Crippen LogP contribution in [0, 0.1) is 0 Å². The average Bonchev–Trinajstić information content (AvgIpc) is 2.53. The quantitative estimate of drug-likeness (QED) is 0.483. The van der Waals surface area contributed by atoms with E-state index in [0.29, 0.717) is 12.8 Å². The molecular weight excluding hydrogens is 284 g/mol. The molecule has 0 amide bonds. The largest absolute Gasteiger partial charge is 0.407 e. The van der Waals surface area contributed by atoms with Gasteiger partial charge >= 0.3 is 5.71 Å². The summed E-state index contributed by atoms with van der Waals surface area (Å²) in [5.74, 6) is -0.291. The van der Waals surface area contributed by atoms with E-state index in [2.05, 4.69) is 38.7 Å². The molecular formula is C15H26N2O3Si. The first kappa shape index (κ1) is 16.6. The zero-order valence-corrected chi connectivity index (χ0v) is 14.7. The van der Waals surface area contributed by atoms with Crippen molar-refractivity contribution in [3.63, 3.8) is 0 Å². The average molecular weight is 310 g/mol. The van der Waals surface area contributed by atoms with Gasteiger partial charge in [-0.25, -0.2) is 0 Å². The highest BCUT2D eigenvalue weighted by atomic mass is 28.4. The minimum absolute atomic E-state index is 0.0116. The van der Waals surface area contributed by atoms with Crippen LogP contribution < -0.4 is 0 Å². The van der Waals surface area contributed by atoms with Crippen LogP contribution in [0.2, 0.25) is 18.1 Å². The van der Waals surface area contributed by atoms with E-state index in [4.69, 9.17) is 4.43 Å². The molecule has 0 aromatic heterocycles. The van der Waals surface area contributed by atoms with Crippen LogP contribution in [0.15, 0.2) is 0 Å². The summed E-state index contributed by atoms with van der Waals surface area (Å²) in [4.78, 5) is 15.3. The molecule has 0 heterocycles. The number of rotatable bonds is 2. The van der Waals surface area contributed by atoms with Crippen LogP contribution >= 0.6 is 0 Å². The van der Waals surface area contributed by atoms with Crippen molar-refractivity contribution in [3.05, 3.63) is 5.53 Å². The smallest absolute Gasteiger partial charge is 0.368 e. The van der Waals surface area contributed by atoms with Crippen molar-refractivity contribution in [1.29, 1.82) is 0 Å². The predicted molar refractivity (Wildman–Crippen MR) is 82.7 cm³/mol. The number of Topliss-reactive ketones (excluding diaryl/α,β-unsaturated/α-hetero) is 1. The van der Waals surface area contributed by atoms with Gasteiger partial charge in [-0.1, -0.05) is 27.2 Å². The lowest BCUT2D eigenvalue weighted by Gasteiger charge is -2.49. The van der Waals surface area contributed by atoms with Crippen LogP contribution in [0.4, 0.5) is 0 Å². The highest BCUT2D eigenvalue weighted by Gasteiger charge is 2.70. The Labute approximate surface area is 127 Å². The number of carbonyl (C=O) groups excluding carboxylic acids is 1. The molecule has 0 saturated heterocycles. The van der Waals surface area contributed by atoms with Crippen LogP contribution in [0.5, 0.6) is 0 Å². The molecule has 0 aromatic carbocycles. The van der Waals surface area contributed by atoms with Gasteiger partial charge < -0.3 is 15.1 Å². The van der Waals surface area contributed by atoms with E-state index in [9.17, 15) is 15.4 Å². The molecule has 2 saturated carbocycles. The Morgan fingerprint density at radius 1 is 1.29 bits per heavy atom. The first-order valence-electron chi connectivity index (χ1n) is 7.67. The third kappa shape index (κ3) is 2.34. The number of aliphatic hydroxyl groups is 1. The molecule has 2 aliphatic rings. The molecule has 0 aliphatic heterocycles. The van der Waals surface area contributed by atoms with Gasteiger partial charge in [0.1, 0.15) is 5.60 Å². The van der Waals surface area contributed by atoms with E-state index in [-0.39, 0.29) is 23.0 Å². The summed E-state index contributed by atoms with van der Waals surface area (Å²) in [6, 6.07) is 0. The lowest BCUT2D eigenvalue weighted by Crippen LogP contribution is -2.62. The third-order valence-electron chi connectivity index (χ3n) is 5.58. The topological polar surface area (TPSA) is 82.9 Å². The molecule has 2 fully saturated rings. The Kier molecular flexibility index (Phi) is 3.82. The SMILES string of the molecule is CC(C)(C)[Si](C)(C)O[C@@]12CCCC[C@]1(O)C(=[N+]=[N-])C(=O)C2. The van der Waals surface area contributed by atoms with E-state index in [0.717, 1.165) is 12.8 Å². The summed E-state index contributed by atoms with van der Waals surface area (Å²) >= 11 is 0. The van der Waals surface area contributed by atoms with E-state index in [1.165, 1.54) is 0 Å². The highest BCUT2D eigenvalue weighted by molar-refractivity contribution is 6.74. The lowest BCUT2D eigenvalue weighted by atomic mass is 9.73. The third-order valence-corrected chi connectivity index (χ3v) is 10.1. The van der Waals surface area contributed by atoms with Crippen molar-refractivity contribution in [2.24, 2.45) is 0 Å². The van der Waals surface area contributed by atoms with Gasteiger partial charge in [-0.2, -0.15) is 4.79 Å². The van der Waals surface area contributed by atoms with Crippen molar-refractivity contribution in [2.75, 3.05) is 0 Å². The number of hydrogen-bond acceptors (Lipinski definition) is 3. The second-order valence-electron chi connectivity index (χ2n) is 7.97. The van der Waals surface area contributed by atoms with Gasteiger partial charge in [-0.05, 0) is 37.4 Å². The summed E-state index contributed by atoms with van der Waals surface area (Å²) in [5.41, 5.74) is 6.72. The van der Waals surface area contributed by atoms with Gasteiger partial charge in [-0.3, -0.25) is 4.79 Å².